The van der Waals surface area contributed by atoms with Gasteiger partial charge in [-0.2, -0.15) is 0 Å². The van der Waals surface area contributed by atoms with Crippen molar-refractivity contribution in [2.24, 2.45) is 5.92 Å². The second-order valence-corrected chi connectivity index (χ2v) is 8.12. The largest absolute Gasteiger partial charge is 0.373 e. The van der Waals surface area contributed by atoms with E-state index in [1.54, 1.807) is 0 Å². The lowest BCUT2D eigenvalue weighted by molar-refractivity contribution is -0.0464. The number of ether oxygens (including phenoxy) is 1. The second-order valence-electron chi connectivity index (χ2n) is 7.71. The number of halogens is 2. The van der Waals surface area contributed by atoms with E-state index in [1.807, 2.05) is 12.1 Å². The molecule has 0 spiro atoms. The van der Waals surface area contributed by atoms with Gasteiger partial charge in [0, 0.05) is 17.0 Å². The smallest absolute Gasteiger partial charge is 0.0720 e. The molecule has 0 radical (unpaired) electrons. The minimum Gasteiger partial charge on any atom is -0.373 e. The lowest BCUT2D eigenvalue weighted by atomic mass is 9.78. The number of aryl methyl sites for hydroxylation is 1. The topological polar surface area (TPSA) is 12.5 Å². The average Bonchev–Trinajstić information content (AvgIpc) is 2.64. The summed E-state index contributed by atoms with van der Waals surface area (Å²) in [6, 6.07) is 17.2. The van der Waals surface area contributed by atoms with Crippen LogP contribution in [0.1, 0.15) is 48.4 Å². The van der Waals surface area contributed by atoms with E-state index in [9.17, 15) is 0 Å². The van der Waals surface area contributed by atoms with E-state index in [0.29, 0.717) is 12.5 Å². The number of benzene rings is 2. The number of hydrogen-bond acceptors (Lipinski definition) is 2. The molecule has 0 N–H and O–H groups in total. The summed E-state index contributed by atoms with van der Waals surface area (Å²) in [7, 11) is 4.30. The molecule has 0 amide bonds. The van der Waals surface area contributed by atoms with E-state index in [4.69, 9.17) is 16.3 Å². The highest BCUT2D eigenvalue weighted by molar-refractivity contribution is 6.31. The Morgan fingerprint density at radius 3 is 2.37 bits per heavy atom. The van der Waals surface area contributed by atoms with Crippen LogP contribution in [0.3, 0.4) is 0 Å². The van der Waals surface area contributed by atoms with Crippen molar-refractivity contribution in [2.45, 2.75) is 51.4 Å². The van der Waals surface area contributed by atoms with Crippen LogP contribution in [0.25, 0.3) is 0 Å². The van der Waals surface area contributed by atoms with E-state index in [-0.39, 0.29) is 24.6 Å². The predicted molar refractivity (Wildman–Crippen MR) is 117 cm³/mol. The zero-order chi connectivity index (χ0) is 18.5. The molecule has 0 aromatic heterocycles. The van der Waals surface area contributed by atoms with Crippen molar-refractivity contribution < 1.29 is 4.74 Å². The highest BCUT2D eigenvalue weighted by atomic mass is 35.5. The van der Waals surface area contributed by atoms with Crippen molar-refractivity contribution in [2.75, 3.05) is 14.1 Å². The molecular weight excluding hydrogens is 377 g/mol. The molecule has 1 saturated carbocycles. The minimum absolute atomic E-state index is 0. The molecule has 1 fully saturated rings. The maximum atomic E-state index is 6.55. The van der Waals surface area contributed by atoms with E-state index in [0.717, 1.165) is 11.4 Å². The molecule has 1 aliphatic rings. The lowest BCUT2D eigenvalue weighted by Gasteiger charge is -2.40. The molecule has 0 bridgehead atoms. The second kappa shape index (κ2) is 10.5. The number of hydrogen-bond donors (Lipinski definition) is 0. The molecule has 148 valence electrons. The zero-order valence-electron chi connectivity index (χ0n) is 16.5. The first-order valence-corrected chi connectivity index (χ1v) is 10.0. The summed E-state index contributed by atoms with van der Waals surface area (Å²) in [5, 5.41) is 0.856. The standard InChI is InChI=1S/C23H30ClNO.ClH/c1-17-12-14-18(15-13-17)16-26-22-11-7-5-9-20(22)23(25(2)3)19-8-4-6-10-21(19)24;/h4,6,8,10,12-15,20,22-23H,5,7,9,11,16H2,1-3H3;1H. The Balaban J connectivity index is 0.00000261. The van der Waals surface area contributed by atoms with Gasteiger partial charge < -0.3 is 9.64 Å². The Bertz CT molecular complexity index is 702. The van der Waals surface area contributed by atoms with Gasteiger partial charge in [0.25, 0.3) is 0 Å². The molecule has 3 atom stereocenters. The summed E-state index contributed by atoms with van der Waals surface area (Å²) < 4.78 is 6.44. The van der Waals surface area contributed by atoms with Gasteiger partial charge in [0.1, 0.15) is 0 Å². The van der Waals surface area contributed by atoms with Crippen molar-refractivity contribution in [3.8, 4) is 0 Å². The molecule has 3 unspecified atom stereocenters. The minimum atomic E-state index is 0. The number of rotatable bonds is 6. The Morgan fingerprint density at radius 1 is 1.04 bits per heavy atom. The maximum Gasteiger partial charge on any atom is 0.0720 e. The molecule has 0 heterocycles. The van der Waals surface area contributed by atoms with Crippen molar-refractivity contribution in [1.29, 1.82) is 0 Å². The summed E-state index contributed by atoms with van der Waals surface area (Å²) in [6.07, 6.45) is 5.10. The average molecular weight is 408 g/mol. The Morgan fingerprint density at radius 2 is 1.70 bits per heavy atom. The number of nitrogens with zero attached hydrogens (tertiary/aromatic N) is 1. The lowest BCUT2D eigenvalue weighted by Crippen LogP contribution is -2.38. The van der Waals surface area contributed by atoms with Gasteiger partial charge >= 0.3 is 0 Å². The molecule has 4 heteroatoms. The normalized spacial score (nSPS) is 20.9. The molecule has 2 nitrogen and oxygen atoms in total. The fourth-order valence-corrected chi connectivity index (χ4v) is 4.44. The third kappa shape index (κ3) is 5.71. The van der Waals surface area contributed by atoms with Gasteiger partial charge in [-0.1, -0.05) is 72.5 Å². The fraction of sp³-hybridized carbons (Fsp3) is 0.478. The van der Waals surface area contributed by atoms with Gasteiger partial charge in [-0.3, -0.25) is 0 Å². The summed E-state index contributed by atoms with van der Waals surface area (Å²) in [5.41, 5.74) is 3.75. The van der Waals surface area contributed by atoms with Gasteiger partial charge in [-0.15, -0.1) is 12.4 Å². The first kappa shape index (κ1) is 22.2. The fourth-order valence-electron chi connectivity index (χ4n) is 4.19. The van der Waals surface area contributed by atoms with Crippen LogP contribution in [0, 0.1) is 12.8 Å². The SMILES string of the molecule is Cc1ccc(COC2CCCCC2C(c2ccccc2Cl)N(C)C)cc1.Cl. The van der Waals surface area contributed by atoms with Gasteiger partial charge in [0.05, 0.1) is 12.7 Å². The van der Waals surface area contributed by atoms with E-state index in [2.05, 4.69) is 62.3 Å². The summed E-state index contributed by atoms with van der Waals surface area (Å²) in [6.45, 7) is 2.80. The van der Waals surface area contributed by atoms with E-state index >= 15 is 0 Å². The molecule has 2 aromatic rings. The molecule has 27 heavy (non-hydrogen) atoms. The van der Waals surface area contributed by atoms with Crippen molar-refractivity contribution >= 4 is 24.0 Å². The highest BCUT2D eigenvalue weighted by Crippen LogP contribution is 2.41. The van der Waals surface area contributed by atoms with Crippen molar-refractivity contribution in [3.05, 3.63) is 70.2 Å². The highest BCUT2D eigenvalue weighted by Gasteiger charge is 2.35. The van der Waals surface area contributed by atoms with Crippen LogP contribution in [0.15, 0.2) is 48.5 Å². The molecular formula is C23H31Cl2NO. The molecule has 0 aliphatic heterocycles. The van der Waals surface area contributed by atoms with Crippen LogP contribution in [0.4, 0.5) is 0 Å². The van der Waals surface area contributed by atoms with Gasteiger partial charge in [0.2, 0.25) is 0 Å². The monoisotopic (exact) mass is 407 g/mol. The molecule has 2 aromatic carbocycles. The van der Waals surface area contributed by atoms with Crippen LogP contribution in [-0.4, -0.2) is 25.1 Å². The first-order chi connectivity index (χ1) is 12.6. The van der Waals surface area contributed by atoms with Crippen molar-refractivity contribution in [3.63, 3.8) is 0 Å². The van der Waals surface area contributed by atoms with Gasteiger partial charge in [-0.05, 0) is 51.1 Å². The molecule has 0 saturated heterocycles. The first-order valence-electron chi connectivity index (χ1n) is 9.64. The third-order valence-electron chi connectivity index (χ3n) is 5.52. The third-order valence-corrected chi connectivity index (χ3v) is 5.87. The predicted octanol–water partition coefficient (Wildman–Crippen LogP) is 6.45. The van der Waals surface area contributed by atoms with Crippen LogP contribution < -0.4 is 0 Å². The summed E-state index contributed by atoms with van der Waals surface area (Å²) >= 11 is 6.55. The quantitative estimate of drug-likeness (QED) is 0.545. The van der Waals surface area contributed by atoms with Gasteiger partial charge in [-0.25, -0.2) is 0 Å². The van der Waals surface area contributed by atoms with Crippen LogP contribution in [-0.2, 0) is 11.3 Å². The van der Waals surface area contributed by atoms with Crippen LogP contribution in [0.5, 0.6) is 0 Å². The summed E-state index contributed by atoms with van der Waals surface area (Å²) in [5.74, 6) is 0.462. The molecule has 1 aliphatic carbocycles. The van der Waals surface area contributed by atoms with E-state index in [1.165, 1.54) is 36.0 Å². The zero-order valence-corrected chi connectivity index (χ0v) is 18.1. The van der Waals surface area contributed by atoms with Crippen LogP contribution >= 0.6 is 24.0 Å². The summed E-state index contributed by atoms with van der Waals surface area (Å²) in [4.78, 5) is 2.30. The van der Waals surface area contributed by atoms with Gasteiger partial charge in [0.15, 0.2) is 0 Å². The Labute approximate surface area is 175 Å². The van der Waals surface area contributed by atoms with Crippen molar-refractivity contribution in [1.82, 2.24) is 4.90 Å². The maximum absolute atomic E-state index is 6.55. The Hall–Kier alpha value is -1.06. The molecule has 3 rings (SSSR count). The van der Waals surface area contributed by atoms with Crippen LogP contribution in [0.2, 0.25) is 5.02 Å². The van der Waals surface area contributed by atoms with E-state index < -0.39 is 0 Å². The Kier molecular flexibility index (Phi) is 8.62.